The molecule has 0 aliphatic heterocycles. The van der Waals surface area contributed by atoms with E-state index >= 15 is 0 Å². The molecule has 0 fully saturated rings. The first-order valence-electron chi connectivity index (χ1n) is 7.04. The number of hydrogen-bond acceptors (Lipinski definition) is 2. The van der Waals surface area contributed by atoms with Crippen molar-refractivity contribution in [3.05, 3.63) is 58.9 Å². The van der Waals surface area contributed by atoms with Gasteiger partial charge in [-0.05, 0) is 42.5 Å². The number of carbonyl (C=O) groups is 2. The third-order valence-electron chi connectivity index (χ3n) is 3.11. The Morgan fingerprint density at radius 2 is 1.57 bits per heavy atom. The van der Waals surface area contributed by atoms with Gasteiger partial charge in [-0.15, -0.1) is 0 Å². The van der Waals surface area contributed by atoms with Crippen LogP contribution < -0.4 is 10.6 Å². The van der Waals surface area contributed by atoms with Crippen LogP contribution in [0.5, 0.6) is 0 Å². The van der Waals surface area contributed by atoms with Gasteiger partial charge < -0.3 is 10.6 Å². The van der Waals surface area contributed by atoms with Crippen molar-refractivity contribution in [3.63, 3.8) is 0 Å². The monoisotopic (exact) mass is 334 g/mol. The van der Waals surface area contributed by atoms with Crippen molar-refractivity contribution in [2.45, 2.75) is 13.8 Å². The molecule has 0 saturated carbocycles. The second-order valence-electron chi connectivity index (χ2n) is 5.30. The number of halogens is 2. The summed E-state index contributed by atoms with van der Waals surface area (Å²) in [6.07, 6.45) is 0. The minimum absolute atomic E-state index is 0.0447. The Morgan fingerprint density at radius 1 is 1.00 bits per heavy atom. The number of amides is 2. The summed E-state index contributed by atoms with van der Waals surface area (Å²) in [5, 5.41) is 5.46. The van der Waals surface area contributed by atoms with Gasteiger partial charge in [-0.25, -0.2) is 4.39 Å². The van der Waals surface area contributed by atoms with Gasteiger partial charge in [0, 0.05) is 17.3 Å². The second kappa shape index (κ2) is 7.24. The summed E-state index contributed by atoms with van der Waals surface area (Å²) in [6.45, 7) is 3.60. The van der Waals surface area contributed by atoms with E-state index in [0.717, 1.165) is 6.07 Å². The molecule has 2 aromatic rings. The molecular weight excluding hydrogens is 319 g/mol. The Morgan fingerprint density at radius 3 is 2.09 bits per heavy atom. The van der Waals surface area contributed by atoms with Crippen LogP contribution in [-0.4, -0.2) is 11.8 Å². The summed E-state index contributed by atoms with van der Waals surface area (Å²) in [7, 11) is 0. The Kier molecular flexibility index (Phi) is 5.34. The largest absolute Gasteiger partial charge is 0.326 e. The van der Waals surface area contributed by atoms with E-state index in [-0.39, 0.29) is 22.4 Å². The topological polar surface area (TPSA) is 58.2 Å². The molecule has 2 rings (SSSR count). The molecule has 0 heterocycles. The number of carbonyl (C=O) groups excluding carboxylic acids is 2. The smallest absolute Gasteiger partial charge is 0.257 e. The van der Waals surface area contributed by atoms with E-state index < -0.39 is 11.7 Å². The molecule has 0 atom stereocenters. The van der Waals surface area contributed by atoms with Crippen LogP contribution in [-0.2, 0) is 4.79 Å². The fraction of sp³-hybridized carbons (Fsp3) is 0.176. The lowest BCUT2D eigenvalue weighted by atomic mass is 10.2. The summed E-state index contributed by atoms with van der Waals surface area (Å²) < 4.78 is 13.0. The van der Waals surface area contributed by atoms with E-state index in [4.69, 9.17) is 11.6 Å². The molecule has 120 valence electrons. The normalized spacial score (nSPS) is 10.5. The van der Waals surface area contributed by atoms with Crippen LogP contribution in [0, 0.1) is 11.7 Å². The van der Waals surface area contributed by atoms with Crippen molar-refractivity contribution >= 4 is 34.8 Å². The summed E-state index contributed by atoms with van der Waals surface area (Å²) in [5.74, 6) is -1.14. The highest BCUT2D eigenvalue weighted by molar-refractivity contribution is 6.34. The van der Waals surface area contributed by atoms with Gasteiger partial charge in [0.2, 0.25) is 5.91 Å². The molecule has 0 aliphatic carbocycles. The fourth-order valence-corrected chi connectivity index (χ4v) is 2.05. The van der Waals surface area contributed by atoms with Crippen LogP contribution in [0.25, 0.3) is 0 Å². The SMILES string of the molecule is CC(C)C(=O)Nc1ccc(NC(=O)c2ccc(F)cc2Cl)cc1. The van der Waals surface area contributed by atoms with E-state index in [1.165, 1.54) is 12.1 Å². The van der Waals surface area contributed by atoms with Gasteiger partial charge in [-0.1, -0.05) is 25.4 Å². The van der Waals surface area contributed by atoms with Crippen molar-refractivity contribution in [2.75, 3.05) is 10.6 Å². The van der Waals surface area contributed by atoms with Crippen LogP contribution in [0.2, 0.25) is 5.02 Å². The molecule has 0 saturated heterocycles. The van der Waals surface area contributed by atoms with E-state index in [0.29, 0.717) is 11.4 Å². The number of anilines is 2. The highest BCUT2D eigenvalue weighted by Gasteiger charge is 2.12. The first kappa shape index (κ1) is 17.0. The molecule has 2 aromatic carbocycles. The summed E-state index contributed by atoms with van der Waals surface area (Å²) in [4.78, 5) is 23.7. The first-order valence-corrected chi connectivity index (χ1v) is 7.42. The van der Waals surface area contributed by atoms with Crippen molar-refractivity contribution in [2.24, 2.45) is 5.92 Å². The molecule has 0 bridgehead atoms. The van der Waals surface area contributed by atoms with Gasteiger partial charge in [0.15, 0.2) is 0 Å². The van der Waals surface area contributed by atoms with Gasteiger partial charge in [-0.2, -0.15) is 0 Å². The zero-order valence-electron chi connectivity index (χ0n) is 12.7. The molecule has 2 amide bonds. The quantitative estimate of drug-likeness (QED) is 0.874. The lowest BCUT2D eigenvalue weighted by molar-refractivity contribution is -0.118. The molecule has 0 unspecified atom stereocenters. The predicted molar refractivity (Wildman–Crippen MR) is 89.3 cm³/mol. The third-order valence-corrected chi connectivity index (χ3v) is 3.42. The Balaban J connectivity index is 2.06. The Bertz CT molecular complexity index is 730. The van der Waals surface area contributed by atoms with E-state index in [9.17, 15) is 14.0 Å². The summed E-state index contributed by atoms with van der Waals surface area (Å²) in [6, 6.07) is 10.3. The molecule has 0 spiro atoms. The lowest BCUT2D eigenvalue weighted by Gasteiger charge is -2.10. The zero-order chi connectivity index (χ0) is 17.0. The van der Waals surface area contributed by atoms with E-state index in [1.54, 1.807) is 38.1 Å². The minimum Gasteiger partial charge on any atom is -0.326 e. The summed E-state index contributed by atoms with van der Waals surface area (Å²) in [5.41, 5.74) is 1.37. The number of rotatable bonds is 4. The standard InChI is InChI=1S/C17H16ClFN2O2/c1-10(2)16(22)20-12-4-6-13(7-5-12)21-17(23)14-8-3-11(19)9-15(14)18/h3-10H,1-2H3,(H,20,22)(H,21,23). The second-order valence-corrected chi connectivity index (χ2v) is 5.71. The molecule has 4 nitrogen and oxygen atoms in total. The van der Waals surface area contributed by atoms with Gasteiger partial charge in [-0.3, -0.25) is 9.59 Å². The predicted octanol–water partition coefficient (Wildman–Crippen LogP) is 4.33. The van der Waals surface area contributed by atoms with E-state index in [1.807, 2.05) is 0 Å². The molecule has 6 heteroatoms. The zero-order valence-corrected chi connectivity index (χ0v) is 13.4. The van der Waals surface area contributed by atoms with Gasteiger partial charge in [0.05, 0.1) is 10.6 Å². The van der Waals surface area contributed by atoms with Crippen LogP contribution >= 0.6 is 11.6 Å². The highest BCUT2D eigenvalue weighted by Crippen LogP contribution is 2.20. The minimum atomic E-state index is -0.503. The van der Waals surface area contributed by atoms with Crippen LogP contribution in [0.3, 0.4) is 0 Å². The molecule has 23 heavy (non-hydrogen) atoms. The van der Waals surface area contributed by atoms with Crippen molar-refractivity contribution in [1.29, 1.82) is 0 Å². The summed E-state index contributed by atoms with van der Waals surface area (Å²) >= 11 is 5.85. The van der Waals surface area contributed by atoms with E-state index in [2.05, 4.69) is 10.6 Å². The fourth-order valence-electron chi connectivity index (χ4n) is 1.80. The van der Waals surface area contributed by atoms with Crippen molar-refractivity contribution in [1.82, 2.24) is 0 Å². The number of benzene rings is 2. The number of nitrogens with one attached hydrogen (secondary N) is 2. The molecule has 2 N–H and O–H groups in total. The number of hydrogen-bond donors (Lipinski definition) is 2. The van der Waals surface area contributed by atoms with Crippen LogP contribution in [0.1, 0.15) is 24.2 Å². The Hall–Kier alpha value is -2.40. The van der Waals surface area contributed by atoms with Crippen molar-refractivity contribution < 1.29 is 14.0 Å². The average Bonchev–Trinajstić information content (AvgIpc) is 2.48. The maximum absolute atomic E-state index is 13.0. The first-order chi connectivity index (χ1) is 10.9. The Labute approximate surface area is 138 Å². The van der Waals surface area contributed by atoms with Gasteiger partial charge in [0.1, 0.15) is 5.82 Å². The van der Waals surface area contributed by atoms with Gasteiger partial charge in [0.25, 0.3) is 5.91 Å². The molecule has 0 aromatic heterocycles. The third kappa shape index (κ3) is 4.53. The molecular formula is C17H16ClFN2O2. The maximum atomic E-state index is 13.0. The van der Waals surface area contributed by atoms with Crippen LogP contribution in [0.4, 0.5) is 15.8 Å². The van der Waals surface area contributed by atoms with Gasteiger partial charge >= 0.3 is 0 Å². The maximum Gasteiger partial charge on any atom is 0.257 e. The van der Waals surface area contributed by atoms with Crippen LogP contribution in [0.15, 0.2) is 42.5 Å². The molecule has 0 aliphatic rings. The highest BCUT2D eigenvalue weighted by atomic mass is 35.5. The average molecular weight is 335 g/mol. The molecule has 0 radical (unpaired) electrons. The lowest BCUT2D eigenvalue weighted by Crippen LogP contribution is -2.17. The van der Waals surface area contributed by atoms with Crippen molar-refractivity contribution in [3.8, 4) is 0 Å².